The van der Waals surface area contributed by atoms with Gasteiger partial charge < -0.3 is 9.84 Å². The number of aliphatic carboxylic acids is 1. The van der Waals surface area contributed by atoms with E-state index in [1.54, 1.807) is 6.08 Å². The summed E-state index contributed by atoms with van der Waals surface area (Å²) in [6, 6.07) is 0. The van der Waals surface area contributed by atoms with Gasteiger partial charge in [0.15, 0.2) is 0 Å². The molecule has 0 aliphatic heterocycles. The molecule has 0 unspecified atom stereocenters. The predicted molar refractivity (Wildman–Crippen MR) is 63.4 cm³/mol. The van der Waals surface area contributed by atoms with Crippen molar-refractivity contribution in [2.75, 3.05) is 13.2 Å². The fourth-order valence-electron chi connectivity index (χ4n) is 2.13. The molecular formula is C13H22O3. The van der Waals surface area contributed by atoms with E-state index < -0.39 is 5.97 Å². The zero-order chi connectivity index (χ0) is 11.8. The maximum atomic E-state index is 10.7. The number of carbonyl (C=O) groups is 1. The van der Waals surface area contributed by atoms with Gasteiger partial charge in [-0.25, -0.2) is 4.79 Å². The number of hydrogen-bond donors (Lipinski definition) is 1. The van der Waals surface area contributed by atoms with Gasteiger partial charge in [0.05, 0.1) is 6.61 Å². The van der Waals surface area contributed by atoms with Crippen molar-refractivity contribution < 1.29 is 14.6 Å². The van der Waals surface area contributed by atoms with Gasteiger partial charge in [-0.1, -0.05) is 26.2 Å². The molecule has 0 aromatic heterocycles. The first-order chi connectivity index (χ1) is 7.74. The molecule has 1 saturated carbocycles. The van der Waals surface area contributed by atoms with Crippen molar-refractivity contribution in [3.05, 3.63) is 11.6 Å². The van der Waals surface area contributed by atoms with Crippen LogP contribution in [-0.4, -0.2) is 24.3 Å². The van der Waals surface area contributed by atoms with Crippen molar-refractivity contribution in [2.45, 2.75) is 45.4 Å². The van der Waals surface area contributed by atoms with Gasteiger partial charge in [0.2, 0.25) is 0 Å². The van der Waals surface area contributed by atoms with Gasteiger partial charge in [-0.2, -0.15) is 0 Å². The fraction of sp³-hybridized carbons (Fsp3) is 0.769. The van der Waals surface area contributed by atoms with Crippen molar-refractivity contribution in [1.82, 2.24) is 0 Å². The van der Waals surface area contributed by atoms with Crippen LogP contribution in [0.2, 0.25) is 0 Å². The lowest BCUT2D eigenvalue weighted by molar-refractivity contribution is -0.132. The van der Waals surface area contributed by atoms with E-state index in [4.69, 9.17) is 9.84 Å². The van der Waals surface area contributed by atoms with E-state index in [0.29, 0.717) is 24.5 Å². The van der Waals surface area contributed by atoms with Crippen molar-refractivity contribution >= 4 is 5.97 Å². The molecule has 0 bridgehead atoms. The highest BCUT2D eigenvalue weighted by atomic mass is 16.5. The van der Waals surface area contributed by atoms with Gasteiger partial charge in [-0.3, -0.25) is 0 Å². The van der Waals surface area contributed by atoms with Crippen molar-refractivity contribution in [1.29, 1.82) is 0 Å². The van der Waals surface area contributed by atoms with E-state index in [9.17, 15) is 4.79 Å². The first kappa shape index (κ1) is 13.2. The summed E-state index contributed by atoms with van der Waals surface area (Å²) in [5.41, 5.74) is 0.448. The average molecular weight is 226 g/mol. The molecule has 1 aliphatic rings. The van der Waals surface area contributed by atoms with Crippen LogP contribution in [0.15, 0.2) is 11.6 Å². The Morgan fingerprint density at radius 2 is 2.06 bits per heavy atom. The zero-order valence-electron chi connectivity index (χ0n) is 10.1. The van der Waals surface area contributed by atoms with Crippen LogP contribution < -0.4 is 0 Å². The van der Waals surface area contributed by atoms with Crippen LogP contribution in [0.4, 0.5) is 0 Å². The predicted octanol–water partition coefficient (Wildman–Crippen LogP) is 3.00. The van der Waals surface area contributed by atoms with E-state index in [0.717, 1.165) is 6.61 Å². The summed E-state index contributed by atoms with van der Waals surface area (Å²) in [6.45, 7) is 3.07. The second-order valence-electron chi connectivity index (χ2n) is 4.43. The minimum Gasteiger partial charge on any atom is -0.478 e. The van der Waals surface area contributed by atoms with Gasteiger partial charge >= 0.3 is 5.97 Å². The lowest BCUT2D eigenvalue weighted by atomic mass is 9.90. The fourth-order valence-corrected chi connectivity index (χ4v) is 2.13. The molecule has 0 aromatic rings. The SMILES string of the molecule is CCC(=CCOCC1CCCCC1)C(=O)O. The van der Waals surface area contributed by atoms with Crippen LogP contribution in [0, 0.1) is 5.92 Å². The summed E-state index contributed by atoms with van der Waals surface area (Å²) < 4.78 is 5.52. The number of carboxylic acid groups (broad SMARTS) is 1. The smallest absolute Gasteiger partial charge is 0.331 e. The zero-order valence-corrected chi connectivity index (χ0v) is 10.1. The third-order valence-electron chi connectivity index (χ3n) is 3.18. The van der Waals surface area contributed by atoms with Gasteiger partial charge in [-0.15, -0.1) is 0 Å². The monoisotopic (exact) mass is 226 g/mol. The molecule has 92 valence electrons. The van der Waals surface area contributed by atoms with E-state index in [2.05, 4.69) is 0 Å². The maximum Gasteiger partial charge on any atom is 0.331 e. The molecule has 3 nitrogen and oxygen atoms in total. The average Bonchev–Trinajstić information content (AvgIpc) is 2.30. The third-order valence-corrected chi connectivity index (χ3v) is 3.18. The van der Waals surface area contributed by atoms with Gasteiger partial charge in [0.25, 0.3) is 0 Å². The topological polar surface area (TPSA) is 46.5 Å². The molecule has 1 N–H and O–H groups in total. The normalized spacial score (nSPS) is 18.7. The number of rotatable bonds is 6. The Labute approximate surface area is 97.5 Å². The summed E-state index contributed by atoms with van der Waals surface area (Å²) in [5.74, 6) is -0.138. The lowest BCUT2D eigenvalue weighted by Crippen LogP contribution is -2.13. The summed E-state index contributed by atoms with van der Waals surface area (Å²) in [5, 5.41) is 8.80. The highest BCUT2D eigenvalue weighted by Crippen LogP contribution is 2.23. The van der Waals surface area contributed by atoms with Crippen molar-refractivity contribution in [3.63, 3.8) is 0 Å². The summed E-state index contributed by atoms with van der Waals surface area (Å²) in [6.07, 6.45) is 8.77. The van der Waals surface area contributed by atoms with Gasteiger partial charge in [-0.05, 0) is 31.3 Å². The largest absolute Gasteiger partial charge is 0.478 e. The molecule has 16 heavy (non-hydrogen) atoms. The molecule has 1 rings (SSSR count). The minimum atomic E-state index is -0.830. The standard InChI is InChI=1S/C13H22O3/c1-2-12(13(14)15)8-9-16-10-11-6-4-3-5-7-11/h8,11H,2-7,9-10H2,1H3,(H,14,15). The minimum absolute atomic E-state index is 0.436. The highest BCUT2D eigenvalue weighted by Gasteiger charge is 2.13. The first-order valence-electron chi connectivity index (χ1n) is 6.24. The molecular weight excluding hydrogens is 204 g/mol. The molecule has 0 heterocycles. The Morgan fingerprint density at radius 3 is 2.62 bits per heavy atom. The third kappa shape index (κ3) is 4.79. The molecule has 0 saturated heterocycles. The summed E-state index contributed by atoms with van der Waals surface area (Å²) in [4.78, 5) is 10.7. The Kier molecular flexibility index (Phi) is 6.16. The van der Waals surface area contributed by atoms with E-state index >= 15 is 0 Å². The van der Waals surface area contributed by atoms with E-state index in [1.165, 1.54) is 32.1 Å². The van der Waals surface area contributed by atoms with Crippen molar-refractivity contribution in [2.24, 2.45) is 5.92 Å². The van der Waals surface area contributed by atoms with Crippen LogP contribution in [0.5, 0.6) is 0 Å². The van der Waals surface area contributed by atoms with Crippen LogP contribution in [0.25, 0.3) is 0 Å². The maximum absolute atomic E-state index is 10.7. The molecule has 0 aromatic carbocycles. The quantitative estimate of drug-likeness (QED) is 0.559. The molecule has 0 radical (unpaired) electrons. The molecule has 3 heteroatoms. The second-order valence-corrected chi connectivity index (χ2v) is 4.43. The summed E-state index contributed by atoms with van der Waals surface area (Å²) >= 11 is 0. The number of hydrogen-bond acceptors (Lipinski definition) is 2. The van der Waals surface area contributed by atoms with Gasteiger partial charge in [0, 0.05) is 12.2 Å². The van der Waals surface area contributed by atoms with Crippen molar-refractivity contribution in [3.8, 4) is 0 Å². The lowest BCUT2D eigenvalue weighted by Gasteiger charge is -2.20. The molecule has 1 aliphatic carbocycles. The van der Waals surface area contributed by atoms with E-state index in [-0.39, 0.29) is 0 Å². The van der Waals surface area contributed by atoms with E-state index in [1.807, 2.05) is 6.92 Å². The Bertz CT molecular complexity index is 240. The molecule has 0 amide bonds. The summed E-state index contributed by atoms with van der Waals surface area (Å²) in [7, 11) is 0. The Hall–Kier alpha value is -0.830. The second kappa shape index (κ2) is 7.44. The highest BCUT2D eigenvalue weighted by molar-refractivity contribution is 5.86. The van der Waals surface area contributed by atoms with Crippen LogP contribution in [-0.2, 0) is 9.53 Å². The molecule has 0 spiro atoms. The Morgan fingerprint density at radius 1 is 1.38 bits per heavy atom. The molecule has 1 fully saturated rings. The first-order valence-corrected chi connectivity index (χ1v) is 6.24. The van der Waals surface area contributed by atoms with Crippen LogP contribution in [0.3, 0.4) is 0 Å². The molecule has 0 atom stereocenters. The number of ether oxygens (including phenoxy) is 1. The number of carboxylic acids is 1. The van der Waals surface area contributed by atoms with Gasteiger partial charge in [0.1, 0.15) is 0 Å². The van der Waals surface area contributed by atoms with Crippen LogP contribution >= 0.6 is 0 Å². The Balaban J connectivity index is 2.16. The van der Waals surface area contributed by atoms with Crippen LogP contribution in [0.1, 0.15) is 45.4 Å².